The molecule has 1 aromatic carbocycles. The number of anilines is 1. The van der Waals surface area contributed by atoms with Gasteiger partial charge < -0.3 is 16.0 Å². The number of thioether (sulfide) groups is 1. The van der Waals surface area contributed by atoms with Gasteiger partial charge in [0.05, 0.1) is 11.3 Å². The molecule has 1 unspecified atom stereocenters. The molecule has 0 aliphatic carbocycles. The maximum absolute atomic E-state index is 12.4. The molecule has 0 aromatic heterocycles. The Hall–Kier alpha value is -1.24. The molecular formula is C17H26ClN3O2S. The van der Waals surface area contributed by atoms with E-state index in [9.17, 15) is 9.59 Å². The van der Waals surface area contributed by atoms with Gasteiger partial charge in [-0.05, 0) is 32.9 Å². The van der Waals surface area contributed by atoms with Gasteiger partial charge >= 0.3 is 0 Å². The number of hydrogen-bond acceptors (Lipinski definition) is 4. The third-order valence-electron chi connectivity index (χ3n) is 3.36. The highest BCUT2D eigenvalue weighted by molar-refractivity contribution is 7.99. The molecule has 1 aromatic rings. The number of halogens is 1. The minimum absolute atomic E-state index is 0. The molecule has 24 heavy (non-hydrogen) atoms. The van der Waals surface area contributed by atoms with Gasteiger partial charge in [-0.15, -0.1) is 12.4 Å². The van der Waals surface area contributed by atoms with Gasteiger partial charge in [0.15, 0.2) is 0 Å². The monoisotopic (exact) mass is 371 g/mol. The third kappa shape index (κ3) is 6.71. The van der Waals surface area contributed by atoms with E-state index in [-0.39, 0.29) is 35.8 Å². The van der Waals surface area contributed by atoms with E-state index in [0.29, 0.717) is 17.7 Å². The zero-order valence-electron chi connectivity index (χ0n) is 14.3. The zero-order valence-corrected chi connectivity index (χ0v) is 16.0. The molecule has 1 aliphatic rings. The lowest BCUT2D eigenvalue weighted by atomic mass is 10.1. The lowest BCUT2D eigenvalue weighted by Crippen LogP contribution is -2.41. The van der Waals surface area contributed by atoms with E-state index < -0.39 is 0 Å². The molecule has 7 heteroatoms. The third-order valence-corrected chi connectivity index (χ3v) is 4.50. The van der Waals surface area contributed by atoms with Crippen LogP contribution in [0.5, 0.6) is 0 Å². The molecule has 5 nitrogen and oxygen atoms in total. The van der Waals surface area contributed by atoms with Crippen molar-refractivity contribution in [3.8, 4) is 0 Å². The fourth-order valence-corrected chi connectivity index (χ4v) is 3.32. The van der Waals surface area contributed by atoms with E-state index in [2.05, 4.69) is 16.0 Å². The summed E-state index contributed by atoms with van der Waals surface area (Å²) in [6, 6.07) is 7.30. The Labute approximate surface area is 154 Å². The van der Waals surface area contributed by atoms with Gasteiger partial charge in [0.2, 0.25) is 5.91 Å². The number of benzene rings is 1. The van der Waals surface area contributed by atoms with Crippen LogP contribution in [0.3, 0.4) is 0 Å². The minimum Gasteiger partial charge on any atom is -0.347 e. The summed E-state index contributed by atoms with van der Waals surface area (Å²) in [5.74, 6) is 1.79. The number of hydrogen-bond donors (Lipinski definition) is 3. The lowest BCUT2D eigenvalue weighted by Gasteiger charge is -2.23. The van der Waals surface area contributed by atoms with Crippen LogP contribution in [0.25, 0.3) is 0 Å². The number of para-hydroxylation sites is 1. The van der Waals surface area contributed by atoms with Gasteiger partial charge in [0.1, 0.15) is 0 Å². The van der Waals surface area contributed by atoms with Gasteiger partial charge in [-0.1, -0.05) is 12.1 Å². The first kappa shape index (κ1) is 20.8. The first-order valence-electron chi connectivity index (χ1n) is 7.88. The van der Waals surface area contributed by atoms with E-state index in [0.717, 1.165) is 18.1 Å². The standard InChI is InChI=1S/C17H25N3O2S.ClH/c1-17(2,3)20-16(22)13-6-4-5-7-14(13)19-15(21)10-12-11-23-9-8-18-12;/h4-7,12,18H,8-11H2,1-3H3,(H,19,21)(H,20,22);1H. The fourth-order valence-electron chi connectivity index (χ4n) is 2.37. The van der Waals surface area contributed by atoms with Crippen LogP contribution < -0.4 is 16.0 Å². The van der Waals surface area contributed by atoms with Crippen LogP contribution >= 0.6 is 24.2 Å². The Morgan fingerprint density at radius 1 is 1.29 bits per heavy atom. The second-order valence-electron chi connectivity index (χ2n) is 6.73. The molecule has 1 fully saturated rings. The normalized spacial score (nSPS) is 17.5. The Morgan fingerprint density at radius 3 is 2.62 bits per heavy atom. The molecule has 3 N–H and O–H groups in total. The summed E-state index contributed by atoms with van der Waals surface area (Å²) in [5, 5.41) is 9.14. The van der Waals surface area contributed by atoms with Crippen LogP contribution in [0.1, 0.15) is 37.6 Å². The quantitative estimate of drug-likeness (QED) is 0.761. The molecular weight excluding hydrogens is 346 g/mol. The van der Waals surface area contributed by atoms with Crippen LogP contribution in [-0.4, -0.2) is 41.4 Å². The highest BCUT2D eigenvalue weighted by Gasteiger charge is 2.20. The van der Waals surface area contributed by atoms with E-state index in [1.807, 2.05) is 38.6 Å². The first-order chi connectivity index (χ1) is 10.8. The highest BCUT2D eigenvalue weighted by atomic mass is 35.5. The van der Waals surface area contributed by atoms with Crippen LogP contribution in [0.4, 0.5) is 5.69 Å². The molecule has 1 aliphatic heterocycles. The van der Waals surface area contributed by atoms with Gasteiger partial charge in [0.25, 0.3) is 5.91 Å². The van der Waals surface area contributed by atoms with Crippen molar-refractivity contribution < 1.29 is 9.59 Å². The number of carbonyl (C=O) groups excluding carboxylic acids is 2. The molecule has 0 radical (unpaired) electrons. The van der Waals surface area contributed by atoms with Crippen molar-refractivity contribution in [2.45, 2.75) is 38.8 Å². The molecule has 1 atom stereocenters. The molecule has 0 saturated carbocycles. The SMILES string of the molecule is CC(C)(C)NC(=O)c1ccccc1NC(=O)CC1CSCCN1.Cl. The van der Waals surface area contributed by atoms with Gasteiger partial charge in [-0.3, -0.25) is 9.59 Å². The Balaban J connectivity index is 0.00000288. The molecule has 0 bridgehead atoms. The molecule has 134 valence electrons. The van der Waals surface area contributed by atoms with Crippen molar-refractivity contribution in [2.75, 3.05) is 23.4 Å². The van der Waals surface area contributed by atoms with Crippen molar-refractivity contribution in [3.63, 3.8) is 0 Å². The van der Waals surface area contributed by atoms with Gasteiger partial charge in [-0.25, -0.2) is 0 Å². The topological polar surface area (TPSA) is 70.2 Å². The average Bonchev–Trinajstić information content (AvgIpc) is 2.47. The van der Waals surface area contributed by atoms with Crippen LogP contribution in [0.2, 0.25) is 0 Å². The van der Waals surface area contributed by atoms with E-state index in [1.54, 1.807) is 18.2 Å². The summed E-state index contributed by atoms with van der Waals surface area (Å²) in [7, 11) is 0. The Bertz CT molecular complexity index is 569. The summed E-state index contributed by atoms with van der Waals surface area (Å²) in [4.78, 5) is 24.6. The van der Waals surface area contributed by atoms with Crippen LogP contribution in [-0.2, 0) is 4.79 Å². The molecule has 2 rings (SSSR count). The molecule has 0 spiro atoms. The molecule has 1 heterocycles. The summed E-state index contributed by atoms with van der Waals surface area (Å²) >= 11 is 1.86. The molecule has 1 saturated heterocycles. The van der Waals surface area contributed by atoms with Crippen molar-refractivity contribution in [3.05, 3.63) is 29.8 Å². The summed E-state index contributed by atoms with van der Waals surface area (Å²) in [6.45, 7) is 6.72. The number of carbonyl (C=O) groups is 2. The second-order valence-corrected chi connectivity index (χ2v) is 7.88. The van der Waals surface area contributed by atoms with Crippen molar-refractivity contribution >= 4 is 41.7 Å². The van der Waals surface area contributed by atoms with E-state index in [1.165, 1.54) is 0 Å². The van der Waals surface area contributed by atoms with Crippen molar-refractivity contribution in [1.82, 2.24) is 10.6 Å². The zero-order chi connectivity index (χ0) is 16.9. The summed E-state index contributed by atoms with van der Waals surface area (Å²) in [6.07, 6.45) is 0.419. The van der Waals surface area contributed by atoms with Gasteiger partial charge in [-0.2, -0.15) is 11.8 Å². The number of nitrogens with one attached hydrogen (secondary N) is 3. The smallest absolute Gasteiger partial charge is 0.253 e. The predicted octanol–water partition coefficient (Wildman–Crippen LogP) is 2.67. The molecule has 2 amide bonds. The maximum Gasteiger partial charge on any atom is 0.253 e. The average molecular weight is 372 g/mol. The Morgan fingerprint density at radius 2 is 2.00 bits per heavy atom. The second kappa shape index (κ2) is 9.30. The summed E-state index contributed by atoms with van der Waals surface area (Å²) < 4.78 is 0. The predicted molar refractivity (Wildman–Crippen MR) is 103 cm³/mol. The van der Waals surface area contributed by atoms with Gasteiger partial charge in [0, 0.05) is 36.1 Å². The maximum atomic E-state index is 12.4. The van der Waals surface area contributed by atoms with Crippen molar-refractivity contribution in [1.29, 1.82) is 0 Å². The van der Waals surface area contributed by atoms with Crippen LogP contribution in [0, 0.1) is 0 Å². The van der Waals surface area contributed by atoms with E-state index >= 15 is 0 Å². The largest absolute Gasteiger partial charge is 0.347 e. The van der Waals surface area contributed by atoms with Crippen molar-refractivity contribution in [2.24, 2.45) is 0 Å². The van der Waals surface area contributed by atoms with Crippen LogP contribution in [0.15, 0.2) is 24.3 Å². The number of amides is 2. The fraction of sp³-hybridized carbons (Fsp3) is 0.529. The summed E-state index contributed by atoms with van der Waals surface area (Å²) in [5.41, 5.74) is 0.724. The highest BCUT2D eigenvalue weighted by Crippen LogP contribution is 2.17. The lowest BCUT2D eigenvalue weighted by molar-refractivity contribution is -0.116. The van der Waals surface area contributed by atoms with E-state index in [4.69, 9.17) is 0 Å². The number of rotatable bonds is 4. The minimum atomic E-state index is -0.322. The first-order valence-corrected chi connectivity index (χ1v) is 9.03. The Kier molecular flexibility index (Phi) is 8.06.